The van der Waals surface area contributed by atoms with Crippen LogP contribution in [-0.4, -0.2) is 21.0 Å². The smallest absolute Gasteiger partial charge is 0.338 e. The predicted molar refractivity (Wildman–Crippen MR) is 64.3 cm³/mol. The number of carboxylic acid groups (broad SMARTS) is 1. The SMILES string of the molecule is Cc1cccc(Sc2ncccc2C(=O)O)n1. The second-order valence-corrected chi connectivity index (χ2v) is 4.39. The van der Waals surface area contributed by atoms with Crippen LogP contribution in [0.2, 0.25) is 0 Å². The van der Waals surface area contributed by atoms with E-state index in [1.165, 1.54) is 17.8 Å². The average Bonchev–Trinajstić information content (AvgIpc) is 2.29. The standard InChI is InChI=1S/C12H10N2O2S/c1-8-4-2-6-10(14-8)17-11-9(12(15)16)5-3-7-13-11/h2-7H,1H3,(H,15,16). The summed E-state index contributed by atoms with van der Waals surface area (Å²) < 4.78 is 0. The summed E-state index contributed by atoms with van der Waals surface area (Å²) in [7, 11) is 0. The van der Waals surface area contributed by atoms with Crippen LogP contribution in [0.5, 0.6) is 0 Å². The monoisotopic (exact) mass is 246 g/mol. The maximum Gasteiger partial charge on any atom is 0.338 e. The molecule has 0 aromatic carbocycles. The van der Waals surface area contributed by atoms with Crippen LogP contribution in [0.15, 0.2) is 46.6 Å². The molecule has 0 aliphatic rings. The molecular weight excluding hydrogens is 236 g/mol. The Kier molecular flexibility index (Phi) is 3.39. The molecule has 4 nitrogen and oxygen atoms in total. The lowest BCUT2D eigenvalue weighted by atomic mass is 10.3. The average molecular weight is 246 g/mol. The van der Waals surface area contributed by atoms with E-state index in [0.29, 0.717) is 5.03 Å². The van der Waals surface area contributed by atoms with Gasteiger partial charge in [0.05, 0.1) is 5.56 Å². The number of pyridine rings is 2. The molecule has 0 atom stereocenters. The fourth-order valence-electron chi connectivity index (χ4n) is 1.31. The first-order valence-corrected chi connectivity index (χ1v) is 5.78. The van der Waals surface area contributed by atoms with Gasteiger partial charge in [-0.1, -0.05) is 6.07 Å². The van der Waals surface area contributed by atoms with Crippen LogP contribution in [0.1, 0.15) is 16.1 Å². The van der Waals surface area contributed by atoms with E-state index in [-0.39, 0.29) is 5.56 Å². The predicted octanol–water partition coefficient (Wildman–Crippen LogP) is 2.63. The van der Waals surface area contributed by atoms with Crippen molar-refractivity contribution in [3.63, 3.8) is 0 Å². The van der Waals surface area contributed by atoms with E-state index in [9.17, 15) is 4.79 Å². The van der Waals surface area contributed by atoms with E-state index in [1.54, 1.807) is 12.3 Å². The molecule has 2 aromatic heterocycles. The topological polar surface area (TPSA) is 63.1 Å². The van der Waals surface area contributed by atoms with Crippen LogP contribution < -0.4 is 0 Å². The zero-order valence-electron chi connectivity index (χ0n) is 9.12. The molecule has 1 N–H and O–H groups in total. The first-order valence-electron chi connectivity index (χ1n) is 4.96. The molecule has 0 unspecified atom stereocenters. The quantitative estimate of drug-likeness (QED) is 0.902. The zero-order valence-corrected chi connectivity index (χ0v) is 9.94. The Bertz CT molecular complexity index is 558. The lowest BCUT2D eigenvalue weighted by Crippen LogP contribution is -2.00. The number of aryl methyl sites for hydroxylation is 1. The number of aromatic carboxylic acids is 1. The molecular formula is C12H10N2O2S. The molecule has 2 heterocycles. The summed E-state index contributed by atoms with van der Waals surface area (Å²) in [5.41, 5.74) is 1.09. The second kappa shape index (κ2) is 4.97. The maximum atomic E-state index is 11.0. The Hall–Kier alpha value is -1.88. The van der Waals surface area contributed by atoms with Crippen molar-refractivity contribution in [1.29, 1.82) is 0 Å². The highest BCUT2D eigenvalue weighted by Gasteiger charge is 2.12. The number of hydrogen-bond acceptors (Lipinski definition) is 4. The Balaban J connectivity index is 2.33. The maximum absolute atomic E-state index is 11.0. The first-order chi connectivity index (χ1) is 8.16. The van der Waals surface area contributed by atoms with Gasteiger partial charge in [-0.3, -0.25) is 0 Å². The van der Waals surface area contributed by atoms with Gasteiger partial charge < -0.3 is 5.11 Å². The Morgan fingerprint density at radius 1 is 1.29 bits per heavy atom. The Morgan fingerprint density at radius 3 is 2.82 bits per heavy atom. The molecule has 0 radical (unpaired) electrons. The van der Waals surface area contributed by atoms with Crippen molar-refractivity contribution in [2.75, 3.05) is 0 Å². The number of hydrogen-bond donors (Lipinski definition) is 1. The van der Waals surface area contributed by atoms with Crippen LogP contribution in [0.25, 0.3) is 0 Å². The third-order valence-electron chi connectivity index (χ3n) is 2.07. The molecule has 0 aliphatic heterocycles. The number of aromatic nitrogens is 2. The fraction of sp³-hybridized carbons (Fsp3) is 0.0833. The van der Waals surface area contributed by atoms with Crippen molar-refractivity contribution in [1.82, 2.24) is 9.97 Å². The minimum absolute atomic E-state index is 0.195. The highest BCUT2D eigenvalue weighted by molar-refractivity contribution is 7.99. The summed E-state index contributed by atoms with van der Waals surface area (Å²) in [4.78, 5) is 19.4. The summed E-state index contributed by atoms with van der Waals surface area (Å²) in [6, 6.07) is 8.75. The van der Waals surface area contributed by atoms with Crippen molar-refractivity contribution in [2.24, 2.45) is 0 Å². The van der Waals surface area contributed by atoms with Gasteiger partial charge in [0.1, 0.15) is 10.1 Å². The van der Waals surface area contributed by atoms with Crippen LogP contribution >= 0.6 is 11.8 Å². The lowest BCUT2D eigenvalue weighted by Gasteiger charge is -2.03. The third kappa shape index (κ3) is 2.82. The number of carboxylic acids is 1. The van der Waals surface area contributed by atoms with Gasteiger partial charge in [-0.15, -0.1) is 0 Å². The molecule has 2 rings (SSSR count). The molecule has 0 saturated carbocycles. The number of nitrogens with zero attached hydrogens (tertiary/aromatic N) is 2. The molecule has 0 fully saturated rings. The summed E-state index contributed by atoms with van der Waals surface area (Å²) >= 11 is 1.25. The largest absolute Gasteiger partial charge is 0.478 e. The lowest BCUT2D eigenvalue weighted by molar-refractivity contribution is 0.0692. The van der Waals surface area contributed by atoms with E-state index in [0.717, 1.165) is 10.7 Å². The number of carbonyl (C=O) groups is 1. The molecule has 86 valence electrons. The molecule has 5 heteroatoms. The van der Waals surface area contributed by atoms with Gasteiger partial charge in [0.15, 0.2) is 0 Å². The summed E-state index contributed by atoms with van der Waals surface area (Å²) in [5.74, 6) is -0.978. The third-order valence-corrected chi connectivity index (χ3v) is 3.02. The van der Waals surface area contributed by atoms with Crippen molar-refractivity contribution >= 4 is 17.7 Å². The van der Waals surface area contributed by atoms with Crippen molar-refractivity contribution in [2.45, 2.75) is 17.0 Å². The highest BCUT2D eigenvalue weighted by atomic mass is 32.2. The summed E-state index contributed by atoms with van der Waals surface area (Å²) in [6.45, 7) is 1.89. The minimum Gasteiger partial charge on any atom is -0.478 e. The van der Waals surface area contributed by atoms with E-state index in [4.69, 9.17) is 5.11 Å². The summed E-state index contributed by atoms with van der Waals surface area (Å²) in [5, 5.41) is 10.2. The molecule has 17 heavy (non-hydrogen) atoms. The Labute approximate surface area is 103 Å². The van der Waals surface area contributed by atoms with E-state index >= 15 is 0 Å². The molecule has 0 saturated heterocycles. The van der Waals surface area contributed by atoms with Gasteiger partial charge >= 0.3 is 5.97 Å². The van der Waals surface area contributed by atoms with Gasteiger partial charge in [-0.25, -0.2) is 14.8 Å². The molecule has 2 aromatic rings. The molecule has 0 spiro atoms. The highest BCUT2D eigenvalue weighted by Crippen LogP contribution is 2.27. The van der Waals surface area contributed by atoms with Crippen LogP contribution in [0, 0.1) is 6.92 Å². The van der Waals surface area contributed by atoms with E-state index in [2.05, 4.69) is 9.97 Å². The van der Waals surface area contributed by atoms with Gasteiger partial charge in [0.2, 0.25) is 0 Å². The van der Waals surface area contributed by atoms with Gasteiger partial charge in [0, 0.05) is 11.9 Å². The van der Waals surface area contributed by atoms with Crippen molar-refractivity contribution in [3.05, 3.63) is 47.8 Å². The second-order valence-electron chi connectivity index (χ2n) is 3.38. The molecule has 0 amide bonds. The fourth-order valence-corrected chi connectivity index (χ4v) is 2.22. The first kappa shape index (κ1) is 11.6. The van der Waals surface area contributed by atoms with Crippen LogP contribution in [0.3, 0.4) is 0 Å². The molecule has 0 bridgehead atoms. The number of rotatable bonds is 3. The Morgan fingerprint density at radius 2 is 2.12 bits per heavy atom. The van der Waals surface area contributed by atoms with Crippen LogP contribution in [0.4, 0.5) is 0 Å². The summed E-state index contributed by atoms with van der Waals surface area (Å²) in [6.07, 6.45) is 1.57. The van der Waals surface area contributed by atoms with Crippen molar-refractivity contribution < 1.29 is 9.90 Å². The van der Waals surface area contributed by atoms with E-state index in [1.807, 2.05) is 25.1 Å². The normalized spacial score (nSPS) is 10.2. The minimum atomic E-state index is -0.978. The van der Waals surface area contributed by atoms with Gasteiger partial charge in [-0.2, -0.15) is 0 Å². The zero-order chi connectivity index (χ0) is 12.3. The van der Waals surface area contributed by atoms with Gasteiger partial charge in [0.25, 0.3) is 0 Å². The van der Waals surface area contributed by atoms with E-state index < -0.39 is 5.97 Å². The van der Waals surface area contributed by atoms with Crippen molar-refractivity contribution in [3.8, 4) is 0 Å². The van der Waals surface area contributed by atoms with Crippen LogP contribution in [-0.2, 0) is 0 Å². The molecule has 0 aliphatic carbocycles. The van der Waals surface area contributed by atoms with Gasteiger partial charge in [-0.05, 0) is 43.0 Å².